The quantitative estimate of drug-likeness (QED) is 0.614. The number of hydrogen-bond acceptors (Lipinski definition) is 4. The van der Waals surface area contributed by atoms with Crippen molar-refractivity contribution in [1.82, 2.24) is 10.2 Å². The predicted molar refractivity (Wildman–Crippen MR) is 120 cm³/mol. The van der Waals surface area contributed by atoms with Crippen molar-refractivity contribution < 1.29 is 22.7 Å². The molecule has 2 aliphatic rings. The molecule has 1 N–H and O–H groups in total. The van der Waals surface area contributed by atoms with Crippen molar-refractivity contribution in [3.8, 4) is 11.8 Å². The summed E-state index contributed by atoms with van der Waals surface area (Å²) in [6, 6.07) is 12.6. The summed E-state index contributed by atoms with van der Waals surface area (Å²) in [5.41, 5.74) is 0.464. The molecule has 0 bridgehead atoms. The number of likely N-dealkylation sites (tertiary alicyclic amines) is 1. The van der Waals surface area contributed by atoms with Crippen LogP contribution < -0.4 is 10.1 Å². The summed E-state index contributed by atoms with van der Waals surface area (Å²) in [6.07, 6.45) is -3.05. The number of nitriles is 1. The van der Waals surface area contributed by atoms with Gasteiger partial charge in [0.05, 0.1) is 29.4 Å². The molecule has 176 valence electrons. The van der Waals surface area contributed by atoms with E-state index in [1.54, 1.807) is 6.07 Å². The van der Waals surface area contributed by atoms with Gasteiger partial charge in [-0.25, -0.2) is 0 Å². The van der Waals surface area contributed by atoms with Gasteiger partial charge in [-0.1, -0.05) is 12.1 Å². The summed E-state index contributed by atoms with van der Waals surface area (Å²) in [7, 11) is 0. The monoisotopic (exact) mass is 479 g/mol. The summed E-state index contributed by atoms with van der Waals surface area (Å²) in [6.45, 7) is 3.63. The summed E-state index contributed by atoms with van der Waals surface area (Å²) < 4.78 is 45.1. The van der Waals surface area contributed by atoms with Crippen molar-refractivity contribution in [3.63, 3.8) is 0 Å². The third-order valence-corrected chi connectivity index (χ3v) is 6.17. The first-order chi connectivity index (χ1) is 15.4. The number of rotatable bonds is 6. The second kappa shape index (κ2) is 10.4. The van der Waals surface area contributed by atoms with Crippen LogP contribution >= 0.6 is 12.4 Å². The third kappa shape index (κ3) is 5.60. The number of ether oxygens (including phenoxy) is 1. The highest BCUT2D eigenvalue weighted by Crippen LogP contribution is 2.42. The van der Waals surface area contributed by atoms with Crippen LogP contribution in [0.15, 0.2) is 42.5 Å². The highest BCUT2D eigenvalue weighted by molar-refractivity contribution is 5.95. The number of fused-ring (bicyclic) bond motifs is 3. The van der Waals surface area contributed by atoms with Gasteiger partial charge in [-0.05, 0) is 49.7 Å². The molecule has 1 amide bonds. The number of benzene rings is 2. The van der Waals surface area contributed by atoms with Crippen LogP contribution in [-0.4, -0.2) is 43.6 Å². The normalized spacial score (nSPS) is 19.5. The Balaban J connectivity index is 0.00000306. The van der Waals surface area contributed by atoms with E-state index in [-0.39, 0.29) is 18.0 Å². The Bertz CT molecular complexity index is 1040. The molecule has 2 unspecified atom stereocenters. The van der Waals surface area contributed by atoms with Crippen molar-refractivity contribution in [3.05, 3.63) is 64.7 Å². The maximum atomic E-state index is 13.1. The van der Waals surface area contributed by atoms with Crippen molar-refractivity contribution >= 4 is 18.3 Å². The minimum atomic E-state index is -4.56. The van der Waals surface area contributed by atoms with E-state index in [9.17, 15) is 23.2 Å². The highest BCUT2D eigenvalue weighted by atomic mass is 35.5. The number of nitrogens with zero attached hydrogens (tertiary/aromatic N) is 2. The molecule has 9 heteroatoms. The summed E-state index contributed by atoms with van der Waals surface area (Å²) in [4.78, 5) is 14.6. The van der Waals surface area contributed by atoms with Crippen molar-refractivity contribution in [2.75, 3.05) is 32.8 Å². The highest BCUT2D eigenvalue weighted by Gasteiger charge is 2.38. The van der Waals surface area contributed by atoms with Crippen LogP contribution in [0.25, 0.3) is 0 Å². The first-order valence-corrected chi connectivity index (χ1v) is 10.7. The van der Waals surface area contributed by atoms with Crippen LogP contribution in [0.4, 0.5) is 13.2 Å². The van der Waals surface area contributed by atoms with Crippen molar-refractivity contribution in [2.45, 2.75) is 24.9 Å². The Morgan fingerprint density at radius 2 is 1.97 bits per heavy atom. The molecular formula is C24H25ClF3N3O2. The van der Waals surface area contributed by atoms with E-state index >= 15 is 0 Å². The average molecular weight is 480 g/mol. The number of carbonyl (C=O) groups is 1. The SMILES string of the molecule is Cl.N#Cc1ccc2c(c1)C1CN(CCCCNC(=O)c3ccccc3C(F)(F)F)CC1CO2. The molecule has 2 aliphatic heterocycles. The second-order valence-corrected chi connectivity index (χ2v) is 8.31. The van der Waals surface area contributed by atoms with Gasteiger partial charge in [0, 0.05) is 37.0 Å². The van der Waals surface area contributed by atoms with Gasteiger partial charge in [-0.3, -0.25) is 4.79 Å². The van der Waals surface area contributed by atoms with E-state index in [4.69, 9.17) is 4.74 Å². The van der Waals surface area contributed by atoms with Crippen molar-refractivity contribution in [1.29, 1.82) is 5.26 Å². The Kier molecular flexibility index (Phi) is 7.88. The first-order valence-electron chi connectivity index (χ1n) is 10.7. The van der Waals surface area contributed by atoms with E-state index in [1.807, 2.05) is 12.1 Å². The van der Waals surface area contributed by atoms with E-state index in [1.165, 1.54) is 18.2 Å². The number of hydrogen-bond donors (Lipinski definition) is 1. The standard InChI is InChI=1S/C24H24F3N3O2.ClH/c25-24(26,27)21-6-2-1-5-18(21)23(31)29-9-3-4-10-30-13-17-15-32-22-8-7-16(12-28)11-19(22)20(17)14-30;/h1-2,5-8,11,17,20H,3-4,9-10,13-15H2,(H,29,31);1H. The molecule has 2 aromatic carbocycles. The van der Waals surface area contributed by atoms with Crippen LogP contribution in [0.2, 0.25) is 0 Å². The molecule has 2 heterocycles. The average Bonchev–Trinajstić information content (AvgIpc) is 3.21. The molecule has 2 atom stereocenters. The number of amides is 1. The maximum Gasteiger partial charge on any atom is 0.417 e. The minimum absolute atomic E-state index is 0. The van der Waals surface area contributed by atoms with Crippen LogP contribution in [0.3, 0.4) is 0 Å². The topological polar surface area (TPSA) is 65.4 Å². The molecule has 0 radical (unpaired) electrons. The van der Waals surface area contributed by atoms with Gasteiger partial charge in [0.2, 0.25) is 0 Å². The number of halogens is 4. The van der Waals surface area contributed by atoms with E-state index in [0.717, 1.165) is 43.4 Å². The zero-order chi connectivity index (χ0) is 22.7. The maximum absolute atomic E-state index is 13.1. The number of nitrogens with one attached hydrogen (secondary N) is 1. The van der Waals surface area contributed by atoms with Gasteiger partial charge in [0.1, 0.15) is 5.75 Å². The van der Waals surface area contributed by atoms with Gasteiger partial charge in [-0.15, -0.1) is 12.4 Å². The summed E-state index contributed by atoms with van der Waals surface area (Å²) >= 11 is 0. The van der Waals surface area contributed by atoms with Crippen LogP contribution in [-0.2, 0) is 6.18 Å². The van der Waals surface area contributed by atoms with Gasteiger partial charge >= 0.3 is 6.18 Å². The molecule has 4 rings (SSSR count). The number of unbranched alkanes of at least 4 members (excludes halogenated alkanes) is 1. The van der Waals surface area contributed by atoms with Crippen LogP contribution in [0.5, 0.6) is 5.75 Å². The van der Waals surface area contributed by atoms with Crippen LogP contribution in [0.1, 0.15) is 45.8 Å². The molecule has 33 heavy (non-hydrogen) atoms. The lowest BCUT2D eigenvalue weighted by molar-refractivity contribution is -0.137. The van der Waals surface area contributed by atoms with Crippen molar-refractivity contribution in [2.24, 2.45) is 5.92 Å². The van der Waals surface area contributed by atoms with Gasteiger partial charge in [0.15, 0.2) is 0 Å². The minimum Gasteiger partial charge on any atom is -0.493 e. The zero-order valence-electron chi connectivity index (χ0n) is 17.9. The molecular weight excluding hydrogens is 455 g/mol. The molecule has 0 aromatic heterocycles. The Hall–Kier alpha value is -2.76. The van der Waals surface area contributed by atoms with Crippen LogP contribution in [0, 0.1) is 17.2 Å². The predicted octanol–water partition coefficient (Wildman–Crippen LogP) is 4.62. The fourth-order valence-electron chi connectivity index (χ4n) is 4.59. The van der Waals surface area contributed by atoms with Gasteiger partial charge in [-0.2, -0.15) is 18.4 Å². The Morgan fingerprint density at radius 3 is 2.73 bits per heavy atom. The molecule has 1 fully saturated rings. The van der Waals surface area contributed by atoms with Gasteiger partial charge < -0.3 is 15.0 Å². The fraction of sp³-hybridized carbons (Fsp3) is 0.417. The summed E-state index contributed by atoms with van der Waals surface area (Å²) in [5, 5.41) is 11.8. The Labute approximate surface area is 196 Å². The molecule has 0 aliphatic carbocycles. The zero-order valence-corrected chi connectivity index (χ0v) is 18.7. The third-order valence-electron chi connectivity index (χ3n) is 6.17. The molecule has 0 saturated carbocycles. The smallest absolute Gasteiger partial charge is 0.417 e. The van der Waals surface area contributed by atoms with Gasteiger partial charge in [0.25, 0.3) is 5.91 Å². The largest absolute Gasteiger partial charge is 0.493 e. The lowest BCUT2D eigenvalue weighted by atomic mass is 9.86. The fourth-order valence-corrected chi connectivity index (χ4v) is 4.59. The van der Waals surface area contributed by atoms with E-state index < -0.39 is 17.6 Å². The summed E-state index contributed by atoms with van der Waals surface area (Å²) in [5.74, 6) is 0.877. The molecule has 1 saturated heterocycles. The van der Waals surface area contributed by atoms with E-state index in [0.29, 0.717) is 37.0 Å². The number of alkyl halides is 3. The first kappa shape index (κ1) is 24.9. The lowest BCUT2D eigenvalue weighted by Gasteiger charge is -2.27. The Morgan fingerprint density at radius 1 is 1.18 bits per heavy atom. The number of carbonyl (C=O) groups excluding carboxylic acids is 1. The van der Waals surface area contributed by atoms with E-state index in [2.05, 4.69) is 16.3 Å². The molecule has 0 spiro atoms. The molecule has 5 nitrogen and oxygen atoms in total. The second-order valence-electron chi connectivity index (χ2n) is 8.31. The molecule has 2 aromatic rings. The lowest BCUT2D eigenvalue weighted by Crippen LogP contribution is -2.28.